The molecule has 2 aromatic rings. The monoisotopic (exact) mass is 355 g/mol. The van der Waals surface area contributed by atoms with Crippen LogP contribution in [0.3, 0.4) is 0 Å². The first-order chi connectivity index (χ1) is 9.50. The smallest absolute Gasteiger partial charge is 0.293 e. The number of rotatable bonds is 5. The summed E-state index contributed by atoms with van der Waals surface area (Å²) in [5, 5.41) is 6.89. The third kappa shape index (κ3) is 3.21. The maximum absolute atomic E-state index is 12.2. The van der Waals surface area contributed by atoms with Crippen molar-refractivity contribution in [1.29, 1.82) is 0 Å². The fraction of sp³-hybridized carbons (Fsp3) is 0.308. The first kappa shape index (κ1) is 15.1. The minimum absolute atomic E-state index is 0.00214. The largest absolute Gasteiger partial charge is 0.344 e. The van der Waals surface area contributed by atoms with Crippen LogP contribution in [0, 0.1) is 0 Å². The molecule has 1 aromatic heterocycles. The van der Waals surface area contributed by atoms with Gasteiger partial charge in [0.05, 0.1) is 5.75 Å². The van der Waals surface area contributed by atoms with Gasteiger partial charge in [-0.2, -0.15) is 0 Å². The Bertz CT molecular complexity index is 678. The molecule has 0 saturated heterocycles. The van der Waals surface area contributed by atoms with Crippen molar-refractivity contribution < 1.29 is 4.79 Å². The number of Topliss-reactive ketones (excluding diaryl/α,β-unsaturated/α-hetero) is 1. The van der Waals surface area contributed by atoms with Crippen molar-refractivity contribution in [3.05, 3.63) is 44.8 Å². The number of hydrogen-bond acceptors (Lipinski definition) is 4. The van der Waals surface area contributed by atoms with E-state index in [1.54, 1.807) is 6.07 Å². The molecule has 5 nitrogen and oxygen atoms in total. The van der Waals surface area contributed by atoms with Crippen molar-refractivity contribution in [2.45, 2.75) is 25.0 Å². The Balaban J connectivity index is 2.12. The number of carbonyl (C=O) groups is 1. The lowest BCUT2D eigenvalue weighted by Crippen LogP contribution is -2.19. The number of aromatic amines is 1. The van der Waals surface area contributed by atoms with Crippen molar-refractivity contribution in [3.63, 3.8) is 0 Å². The van der Waals surface area contributed by atoms with Crippen LogP contribution < -0.4 is 5.69 Å². The van der Waals surface area contributed by atoms with Crippen LogP contribution in [0.1, 0.15) is 30.2 Å². The van der Waals surface area contributed by atoms with Gasteiger partial charge in [-0.1, -0.05) is 45.9 Å². The Morgan fingerprint density at radius 3 is 2.80 bits per heavy atom. The average Bonchev–Trinajstić information content (AvgIpc) is 2.78. The summed E-state index contributed by atoms with van der Waals surface area (Å²) in [7, 11) is 0. The summed E-state index contributed by atoms with van der Waals surface area (Å²) in [4.78, 5) is 23.7. The van der Waals surface area contributed by atoms with E-state index in [1.807, 2.05) is 32.0 Å². The molecule has 0 amide bonds. The summed E-state index contributed by atoms with van der Waals surface area (Å²) < 4.78 is 2.31. The molecule has 0 unspecified atom stereocenters. The van der Waals surface area contributed by atoms with Crippen molar-refractivity contribution in [2.75, 3.05) is 5.75 Å². The van der Waals surface area contributed by atoms with Gasteiger partial charge in [-0.15, -0.1) is 5.10 Å². The van der Waals surface area contributed by atoms with Crippen molar-refractivity contribution in [1.82, 2.24) is 14.8 Å². The maximum Gasteiger partial charge on any atom is 0.344 e. The first-order valence-electron chi connectivity index (χ1n) is 6.08. The Kier molecular flexibility index (Phi) is 4.82. The van der Waals surface area contributed by atoms with Crippen LogP contribution in [0.25, 0.3) is 0 Å². The molecule has 7 heteroatoms. The van der Waals surface area contributed by atoms with Gasteiger partial charge in [-0.25, -0.2) is 9.89 Å². The summed E-state index contributed by atoms with van der Waals surface area (Å²) in [6.45, 7) is 3.80. The Morgan fingerprint density at radius 2 is 2.15 bits per heavy atom. The number of carbonyl (C=O) groups excluding carboxylic acids is 1. The van der Waals surface area contributed by atoms with Crippen LogP contribution in [0.15, 0.2) is 38.7 Å². The lowest BCUT2D eigenvalue weighted by Gasteiger charge is -2.08. The molecule has 106 valence electrons. The minimum Gasteiger partial charge on any atom is -0.293 e. The van der Waals surface area contributed by atoms with E-state index in [9.17, 15) is 9.59 Å². The molecule has 1 N–H and O–H groups in total. The highest BCUT2D eigenvalue weighted by Gasteiger charge is 2.15. The highest BCUT2D eigenvalue weighted by molar-refractivity contribution is 9.10. The quantitative estimate of drug-likeness (QED) is 0.661. The molecule has 0 saturated carbocycles. The van der Waals surface area contributed by atoms with Crippen molar-refractivity contribution in [2.24, 2.45) is 0 Å². The number of nitrogens with zero attached hydrogens (tertiary/aromatic N) is 2. The van der Waals surface area contributed by atoms with E-state index < -0.39 is 0 Å². The molecule has 1 heterocycles. The van der Waals surface area contributed by atoms with E-state index in [-0.39, 0.29) is 23.3 Å². The molecular weight excluding hydrogens is 342 g/mol. The van der Waals surface area contributed by atoms with Crippen LogP contribution >= 0.6 is 27.7 Å². The van der Waals surface area contributed by atoms with Gasteiger partial charge >= 0.3 is 5.69 Å². The van der Waals surface area contributed by atoms with Crippen LogP contribution in [0.5, 0.6) is 0 Å². The summed E-state index contributed by atoms with van der Waals surface area (Å²) in [5.74, 6) is 0.229. The van der Waals surface area contributed by atoms with Gasteiger partial charge in [0.15, 0.2) is 10.9 Å². The zero-order chi connectivity index (χ0) is 14.7. The number of nitrogens with one attached hydrogen (secondary N) is 1. The molecule has 0 atom stereocenters. The standard InChI is InChI=1S/C13H14BrN3O2S/c1-8(2)17-12(19)15-16-13(17)20-7-11(18)9-5-3-4-6-10(9)14/h3-6,8H,7H2,1-2H3,(H,15,19). The molecule has 0 fully saturated rings. The van der Waals surface area contributed by atoms with Gasteiger partial charge in [-0.05, 0) is 19.9 Å². The topological polar surface area (TPSA) is 67.8 Å². The number of ketones is 1. The summed E-state index contributed by atoms with van der Waals surface area (Å²) in [6, 6.07) is 7.28. The zero-order valence-corrected chi connectivity index (χ0v) is 13.5. The van der Waals surface area contributed by atoms with Gasteiger partial charge in [0, 0.05) is 16.1 Å². The fourth-order valence-corrected chi connectivity index (χ4v) is 3.21. The lowest BCUT2D eigenvalue weighted by molar-refractivity contribution is 0.102. The van der Waals surface area contributed by atoms with Crippen LogP contribution in [0.2, 0.25) is 0 Å². The third-order valence-corrected chi connectivity index (χ3v) is 4.34. The highest BCUT2D eigenvalue weighted by atomic mass is 79.9. The van der Waals surface area contributed by atoms with E-state index in [1.165, 1.54) is 16.3 Å². The number of H-pyrrole nitrogens is 1. The molecule has 0 aliphatic carbocycles. The van der Waals surface area contributed by atoms with Gasteiger partial charge in [0.1, 0.15) is 0 Å². The molecule has 20 heavy (non-hydrogen) atoms. The van der Waals surface area contributed by atoms with Gasteiger partial charge in [0.2, 0.25) is 0 Å². The lowest BCUT2D eigenvalue weighted by atomic mass is 10.1. The van der Waals surface area contributed by atoms with E-state index in [2.05, 4.69) is 26.1 Å². The summed E-state index contributed by atoms with van der Waals surface area (Å²) in [6.07, 6.45) is 0. The predicted molar refractivity (Wildman–Crippen MR) is 82.4 cm³/mol. The third-order valence-electron chi connectivity index (χ3n) is 2.70. The second kappa shape index (κ2) is 6.41. The number of halogens is 1. The Morgan fingerprint density at radius 1 is 1.45 bits per heavy atom. The number of hydrogen-bond donors (Lipinski definition) is 1. The average molecular weight is 356 g/mol. The van der Waals surface area contributed by atoms with E-state index in [4.69, 9.17) is 0 Å². The zero-order valence-electron chi connectivity index (χ0n) is 11.1. The first-order valence-corrected chi connectivity index (χ1v) is 7.86. The highest BCUT2D eigenvalue weighted by Crippen LogP contribution is 2.21. The normalized spacial score (nSPS) is 11.0. The molecule has 2 rings (SSSR count). The maximum atomic E-state index is 12.2. The van der Waals surface area contributed by atoms with Crippen molar-refractivity contribution >= 4 is 33.5 Å². The molecule has 0 aliphatic heterocycles. The van der Waals surface area contributed by atoms with Crippen LogP contribution in [0.4, 0.5) is 0 Å². The van der Waals surface area contributed by atoms with Crippen LogP contribution in [-0.2, 0) is 0 Å². The summed E-state index contributed by atoms with van der Waals surface area (Å²) in [5.41, 5.74) is 0.379. The molecule has 1 aromatic carbocycles. The van der Waals surface area contributed by atoms with E-state index in [0.29, 0.717) is 10.7 Å². The van der Waals surface area contributed by atoms with E-state index >= 15 is 0 Å². The molecule has 0 aliphatic rings. The predicted octanol–water partition coefficient (Wildman–Crippen LogP) is 2.89. The second-order valence-corrected chi connectivity index (χ2v) is 6.26. The Hall–Kier alpha value is -1.34. The number of aromatic nitrogens is 3. The minimum atomic E-state index is -0.254. The van der Waals surface area contributed by atoms with Gasteiger partial charge in [-0.3, -0.25) is 9.36 Å². The van der Waals surface area contributed by atoms with Crippen molar-refractivity contribution in [3.8, 4) is 0 Å². The van der Waals surface area contributed by atoms with Crippen LogP contribution in [-0.4, -0.2) is 26.3 Å². The summed E-state index contributed by atoms with van der Waals surface area (Å²) >= 11 is 4.62. The Labute approximate surface area is 128 Å². The SMILES string of the molecule is CC(C)n1c(SCC(=O)c2ccccc2Br)n[nH]c1=O. The van der Waals surface area contributed by atoms with Gasteiger partial charge < -0.3 is 0 Å². The molecule has 0 bridgehead atoms. The molecule has 0 radical (unpaired) electrons. The molecular formula is C13H14BrN3O2S. The molecule has 0 spiro atoms. The van der Waals surface area contributed by atoms with Gasteiger partial charge in [0.25, 0.3) is 0 Å². The number of thioether (sulfide) groups is 1. The number of benzene rings is 1. The fourth-order valence-electron chi connectivity index (χ4n) is 1.74. The van der Waals surface area contributed by atoms with E-state index in [0.717, 1.165) is 4.47 Å². The second-order valence-electron chi connectivity index (χ2n) is 4.47.